The fraction of sp³-hybridized carbons (Fsp3) is 0.611. The predicted octanol–water partition coefficient (Wildman–Crippen LogP) is 3.73. The highest BCUT2D eigenvalue weighted by molar-refractivity contribution is 7.13. The average molecular weight is 395 g/mol. The Bertz CT molecular complexity index is 784. The molecule has 0 amide bonds. The van der Waals surface area contributed by atoms with Gasteiger partial charge in [-0.05, 0) is 19.8 Å². The van der Waals surface area contributed by atoms with E-state index >= 15 is 0 Å². The third-order valence-corrected chi connectivity index (χ3v) is 5.88. The molecule has 1 N–H and O–H groups in total. The van der Waals surface area contributed by atoms with E-state index in [9.17, 15) is 8.78 Å². The summed E-state index contributed by atoms with van der Waals surface area (Å²) in [4.78, 5) is 16.0. The number of morpholine rings is 1. The molecule has 0 aromatic carbocycles. The van der Waals surface area contributed by atoms with Gasteiger partial charge in [-0.3, -0.25) is 0 Å². The lowest BCUT2D eigenvalue weighted by Gasteiger charge is -2.30. The second-order valence-electron chi connectivity index (χ2n) is 7.10. The van der Waals surface area contributed by atoms with Gasteiger partial charge in [0, 0.05) is 49.1 Å². The fourth-order valence-electron chi connectivity index (χ4n) is 3.41. The van der Waals surface area contributed by atoms with Crippen LogP contribution in [0.15, 0.2) is 11.4 Å². The molecule has 0 atom stereocenters. The van der Waals surface area contributed by atoms with Crippen LogP contribution in [0.1, 0.15) is 31.4 Å². The molecule has 2 aromatic heterocycles. The third kappa shape index (κ3) is 4.52. The standard InChI is InChI=1S/C18H23F2N5OS/c1-12-11-27-17(21-12)16-23-14(22-13-2-4-18(19,20)5-3-13)10-15(24-16)25-6-8-26-9-7-25/h10-11,13H,2-9H2,1H3,(H,22,23,24). The zero-order chi connectivity index (χ0) is 18.9. The van der Waals surface area contributed by atoms with Crippen molar-refractivity contribution >= 4 is 23.0 Å². The number of alkyl halides is 2. The first-order valence-electron chi connectivity index (χ1n) is 9.27. The SMILES string of the molecule is Cc1csc(-c2nc(NC3CCC(F)(F)CC3)cc(N3CCOCC3)n2)n1. The number of nitrogens with zero attached hydrogens (tertiary/aromatic N) is 4. The van der Waals surface area contributed by atoms with E-state index in [1.165, 1.54) is 11.3 Å². The summed E-state index contributed by atoms with van der Waals surface area (Å²) in [6, 6.07) is 1.91. The summed E-state index contributed by atoms with van der Waals surface area (Å²) in [7, 11) is 0. The maximum atomic E-state index is 13.4. The summed E-state index contributed by atoms with van der Waals surface area (Å²) in [5.41, 5.74) is 0.930. The van der Waals surface area contributed by atoms with E-state index in [1.807, 2.05) is 18.4 Å². The summed E-state index contributed by atoms with van der Waals surface area (Å²) in [6.07, 6.45) is 0.723. The Morgan fingerprint density at radius 2 is 1.93 bits per heavy atom. The molecule has 4 rings (SSSR count). The second-order valence-corrected chi connectivity index (χ2v) is 7.96. The van der Waals surface area contributed by atoms with Crippen LogP contribution in [0.2, 0.25) is 0 Å². The number of halogens is 2. The monoisotopic (exact) mass is 395 g/mol. The Morgan fingerprint density at radius 1 is 1.19 bits per heavy atom. The Kier molecular flexibility index (Phi) is 5.23. The van der Waals surface area contributed by atoms with Crippen molar-refractivity contribution in [3.63, 3.8) is 0 Å². The van der Waals surface area contributed by atoms with Gasteiger partial charge < -0.3 is 15.0 Å². The topological polar surface area (TPSA) is 63.2 Å². The number of rotatable bonds is 4. The van der Waals surface area contributed by atoms with Crippen molar-refractivity contribution in [2.45, 2.75) is 44.6 Å². The molecule has 0 unspecified atom stereocenters. The van der Waals surface area contributed by atoms with Gasteiger partial charge in [0.25, 0.3) is 0 Å². The zero-order valence-electron chi connectivity index (χ0n) is 15.3. The predicted molar refractivity (Wildman–Crippen MR) is 102 cm³/mol. The van der Waals surface area contributed by atoms with Crippen LogP contribution in [-0.2, 0) is 4.74 Å². The number of thiazole rings is 1. The number of hydrogen-bond acceptors (Lipinski definition) is 7. The molecule has 0 spiro atoms. The molecule has 6 nitrogen and oxygen atoms in total. The minimum absolute atomic E-state index is 0.00273. The van der Waals surface area contributed by atoms with Gasteiger partial charge in [-0.2, -0.15) is 0 Å². The molecular weight excluding hydrogens is 372 g/mol. The number of aryl methyl sites for hydroxylation is 1. The van der Waals surface area contributed by atoms with Gasteiger partial charge in [-0.15, -0.1) is 11.3 Å². The maximum Gasteiger partial charge on any atom is 0.248 e. The van der Waals surface area contributed by atoms with Crippen LogP contribution in [0, 0.1) is 6.92 Å². The molecule has 0 radical (unpaired) electrons. The Labute approximate surface area is 161 Å². The third-order valence-electron chi connectivity index (χ3n) is 4.93. The highest BCUT2D eigenvalue weighted by Crippen LogP contribution is 2.34. The van der Waals surface area contributed by atoms with E-state index in [0.717, 1.165) is 29.6 Å². The first-order valence-corrected chi connectivity index (χ1v) is 10.2. The van der Waals surface area contributed by atoms with E-state index in [1.54, 1.807) is 0 Å². The van der Waals surface area contributed by atoms with Gasteiger partial charge >= 0.3 is 0 Å². The van der Waals surface area contributed by atoms with Crippen LogP contribution in [0.4, 0.5) is 20.4 Å². The molecule has 1 aliphatic heterocycles. The molecule has 2 fully saturated rings. The van der Waals surface area contributed by atoms with Crippen LogP contribution in [0.25, 0.3) is 10.8 Å². The number of anilines is 2. The van der Waals surface area contributed by atoms with Crippen molar-refractivity contribution in [3.05, 3.63) is 17.1 Å². The number of aromatic nitrogens is 3. The van der Waals surface area contributed by atoms with E-state index in [4.69, 9.17) is 9.72 Å². The lowest BCUT2D eigenvalue weighted by molar-refractivity contribution is -0.0361. The number of ether oxygens (including phenoxy) is 1. The highest BCUT2D eigenvalue weighted by Gasteiger charge is 2.35. The molecule has 1 saturated carbocycles. The lowest BCUT2D eigenvalue weighted by atomic mass is 9.92. The highest BCUT2D eigenvalue weighted by atomic mass is 32.1. The average Bonchev–Trinajstić information content (AvgIpc) is 3.10. The molecular formula is C18H23F2N5OS. The number of hydrogen-bond donors (Lipinski definition) is 1. The van der Waals surface area contributed by atoms with Crippen LogP contribution < -0.4 is 10.2 Å². The van der Waals surface area contributed by atoms with E-state index in [2.05, 4.69) is 20.2 Å². The van der Waals surface area contributed by atoms with Crippen molar-refractivity contribution in [3.8, 4) is 10.8 Å². The van der Waals surface area contributed by atoms with Gasteiger partial charge in [-0.1, -0.05) is 0 Å². The van der Waals surface area contributed by atoms with Crippen LogP contribution in [0.5, 0.6) is 0 Å². The van der Waals surface area contributed by atoms with Gasteiger partial charge in [-0.25, -0.2) is 23.7 Å². The number of nitrogens with one attached hydrogen (secondary N) is 1. The van der Waals surface area contributed by atoms with Crippen molar-refractivity contribution in [2.24, 2.45) is 0 Å². The molecule has 0 bridgehead atoms. The van der Waals surface area contributed by atoms with Crippen LogP contribution in [0.3, 0.4) is 0 Å². The summed E-state index contributed by atoms with van der Waals surface area (Å²) in [5, 5.41) is 6.08. The molecule has 2 aliphatic rings. The normalized spacial score (nSPS) is 20.6. The molecule has 3 heterocycles. The molecule has 9 heteroatoms. The van der Waals surface area contributed by atoms with Gasteiger partial charge in [0.15, 0.2) is 10.8 Å². The molecule has 1 aliphatic carbocycles. The molecule has 27 heavy (non-hydrogen) atoms. The van der Waals surface area contributed by atoms with Crippen LogP contribution in [-0.4, -0.2) is 53.2 Å². The summed E-state index contributed by atoms with van der Waals surface area (Å²) in [5.74, 6) is -0.475. The molecule has 1 saturated heterocycles. The largest absolute Gasteiger partial charge is 0.378 e. The van der Waals surface area contributed by atoms with Gasteiger partial charge in [0.1, 0.15) is 11.6 Å². The minimum atomic E-state index is -2.54. The molecule has 146 valence electrons. The summed E-state index contributed by atoms with van der Waals surface area (Å²) in [6.45, 7) is 4.80. The van der Waals surface area contributed by atoms with E-state index in [-0.39, 0.29) is 18.9 Å². The fourth-order valence-corrected chi connectivity index (χ4v) is 4.14. The zero-order valence-corrected chi connectivity index (χ0v) is 16.1. The second kappa shape index (κ2) is 7.63. The molecule has 2 aromatic rings. The van der Waals surface area contributed by atoms with E-state index in [0.29, 0.717) is 37.7 Å². The summed E-state index contributed by atoms with van der Waals surface area (Å²) < 4.78 is 32.3. The van der Waals surface area contributed by atoms with Crippen molar-refractivity contribution in [1.29, 1.82) is 0 Å². The maximum absolute atomic E-state index is 13.4. The van der Waals surface area contributed by atoms with Crippen molar-refractivity contribution < 1.29 is 13.5 Å². The van der Waals surface area contributed by atoms with Gasteiger partial charge in [0.05, 0.1) is 13.2 Å². The smallest absolute Gasteiger partial charge is 0.248 e. The Hall–Kier alpha value is -1.87. The quantitative estimate of drug-likeness (QED) is 0.851. The van der Waals surface area contributed by atoms with Gasteiger partial charge in [0.2, 0.25) is 5.92 Å². The van der Waals surface area contributed by atoms with Crippen molar-refractivity contribution in [1.82, 2.24) is 15.0 Å². The lowest BCUT2D eigenvalue weighted by Crippen LogP contribution is -2.37. The minimum Gasteiger partial charge on any atom is -0.378 e. The summed E-state index contributed by atoms with van der Waals surface area (Å²) >= 11 is 1.51. The van der Waals surface area contributed by atoms with Crippen LogP contribution >= 0.6 is 11.3 Å². The van der Waals surface area contributed by atoms with E-state index < -0.39 is 5.92 Å². The Morgan fingerprint density at radius 3 is 2.59 bits per heavy atom. The first kappa shape index (κ1) is 18.5. The van der Waals surface area contributed by atoms with Crippen molar-refractivity contribution in [2.75, 3.05) is 36.5 Å². The first-order chi connectivity index (χ1) is 13.0. The Balaban J connectivity index is 1.59.